The minimum absolute atomic E-state index is 0.344. The molecule has 0 unspecified atom stereocenters. The van der Waals surface area contributed by atoms with Crippen molar-refractivity contribution in [3.8, 4) is 0 Å². The lowest BCUT2D eigenvalue weighted by atomic mass is 10.3. The van der Waals surface area contributed by atoms with Crippen LogP contribution < -0.4 is 11.1 Å². The Labute approximate surface area is 124 Å². The van der Waals surface area contributed by atoms with Gasteiger partial charge in [-0.25, -0.2) is 4.79 Å². The summed E-state index contributed by atoms with van der Waals surface area (Å²) < 4.78 is 4.95. The smallest absolute Gasteiger partial charge is 0.333 e. The van der Waals surface area contributed by atoms with Gasteiger partial charge in [-0.1, -0.05) is 13.2 Å². The second-order valence-corrected chi connectivity index (χ2v) is 4.67. The van der Waals surface area contributed by atoms with Crippen LogP contribution in [0.15, 0.2) is 24.3 Å². The molecule has 6 nitrogen and oxygen atoms in total. The molecule has 3 N–H and O–H groups in total. The third-order valence-corrected chi connectivity index (χ3v) is 2.71. The van der Waals surface area contributed by atoms with E-state index in [4.69, 9.17) is 22.7 Å². The van der Waals surface area contributed by atoms with Crippen molar-refractivity contribution in [3.05, 3.63) is 24.3 Å². The maximum atomic E-state index is 11.0. The standard InChI is InChI=1S/C9H14N2O2S.C4H7NO/c1-7(2)8(12)13-6-5-11-4-3-10-9(11)14;1-3(2)4(5)6/h1,3-6H2,2H3,(H,10,14);1H2,2H3,(H2,5,6). The van der Waals surface area contributed by atoms with Gasteiger partial charge in [-0.2, -0.15) is 0 Å². The minimum atomic E-state index is -0.435. The highest BCUT2D eigenvalue weighted by Crippen LogP contribution is 1.98. The predicted octanol–water partition coefficient (Wildman–Crippen LogP) is 0.344. The summed E-state index contributed by atoms with van der Waals surface area (Å²) in [6.07, 6.45) is 0. The number of esters is 1. The first kappa shape index (κ1) is 18.1. The zero-order chi connectivity index (χ0) is 15.7. The molecule has 1 fully saturated rings. The molecule has 112 valence electrons. The Kier molecular flexibility index (Phi) is 8.23. The van der Waals surface area contributed by atoms with Crippen LogP contribution in [0.4, 0.5) is 0 Å². The Bertz CT molecular complexity index is 409. The van der Waals surface area contributed by atoms with E-state index in [0.717, 1.165) is 18.2 Å². The van der Waals surface area contributed by atoms with Crippen molar-refractivity contribution in [2.45, 2.75) is 13.8 Å². The van der Waals surface area contributed by atoms with Crippen molar-refractivity contribution in [1.29, 1.82) is 0 Å². The second kappa shape index (κ2) is 9.08. The summed E-state index contributed by atoms with van der Waals surface area (Å²) in [7, 11) is 0. The Morgan fingerprint density at radius 1 is 1.40 bits per heavy atom. The van der Waals surface area contributed by atoms with Crippen LogP contribution in [0.3, 0.4) is 0 Å². The number of thiocarbonyl (C=S) groups is 1. The van der Waals surface area contributed by atoms with Crippen LogP contribution in [0.5, 0.6) is 0 Å². The summed E-state index contributed by atoms with van der Waals surface area (Å²) >= 11 is 5.03. The van der Waals surface area contributed by atoms with Crippen molar-refractivity contribution >= 4 is 29.2 Å². The predicted molar refractivity (Wildman–Crippen MR) is 82.0 cm³/mol. The van der Waals surface area contributed by atoms with Crippen molar-refractivity contribution < 1.29 is 14.3 Å². The molecule has 1 aliphatic rings. The molecule has 0 aromatic rings. The Morgan fingerprint density at radius 2 is 1.95 bits per heavy atom. The molecule has 20 heavy (non-hydrogen) atoms. The first-order valence-corrected chi connectivity index (χ1v) is 6.47. The Balaban J connectivity index is 0.000000511. The first-order valence-electron chi connectivity index (χ1n) is 6.06. The molecule has 1 rings (SSSR count). The van der Waals surface area contributed by atoms with E-state index >= 15 is 0 Å². The lowest BCUT2D eigenvalue weighted by Gasteiger charge is -2.15. The lowest BCUT2D eigenvalue weighted by molar-refractivity contribution is -0.139. The molecular formula is C13H21N3O3S. The molecule has 0 aromatic carbocycles. The van der Waals surface area contributed by atoms with Crippen LogP contribution in [-0.4, -0.2) is 48.1 Å². The van der Waals surface area contributed by atoms with Gasteiger partial charge in [-0.3, -0.25) is 4.79 Å². The van der Waals surface area contributed by atoms with Gasteiger partial charge in [0, 0.05) is 24.2 Å². The maximum absolute atomic E-state index is 11.0. The van der Waals surface area contributed by atoms with E-state index in [2.05, 4.69) is 18.5 Å². The fraction of sp³-hybridized carbons (Fsp3) is 0.462. The summed E-state index contributed by atoms with van der Waals surface area (Å²) in [5, 5.41) is 3.76. The summed E-state index contributed by atoms with van der Waals surface area (Å²) in [4.78, 5) is 22.8. The number of amides is 1. The monoisotopic (exact) mass is 299 g/mol. The van der Waals surface area contributed by atoms with Crippen molar-refractivity contribution in [2.24, 2.45) is 5.73 Å². The Morgan fingerprint density at radius 3 is 2.30 bits per heavy atom. The average molecular weight is 299 g/mol. The lowest BCUT2D eigenvalue weighted by Crippen LogP contribution is -2.31. The molecule has 1 amide bonds. The van der Waals surface area contributed by atoms with Crippen LogP contribution in [0.25, 0.3) is 0 Å². The van der Waals surface area contributed by atoms with Crippen LogP contribution in [0.1, 0.15) is 13.8 Å². The number of nitrogens with zero attached hydrogens (tertiary/aromatic N) is 1. The van der Waals surface area contributed by atoms with E-state index < -0.39 is 5.91 Å². The van der Waals surface area contributed by atoms with Gasteiger partial charge in [0.05, 0.1) is 6.54 Å². The third-order valence-electron chi connectivity index (χ3n) is 2.31. The first-order chi connectivity index (χ1) is 9.25. The summed E-state index contributed by atoms with van der Waals surface area (Å²) in [5.74, 6) is -0.780. The molecule has 0 aromatic heterocycles. The molecule has 7 heteroatoms. The average Bonchev–Trinajstić information content (AvgIpc) is 2.75. The van der Waals surface area contributed by atoms with E-state index in [9.17, 15) is 9.59 Å². The van der Waals surface area contributed by atoms with Crippen molar-refractivity contribution in [1.82, 2.24) is 10.2 Å². The SMILES string of the molecule is C=C(C)C(=O)OCCN1CCNC1=S.C=C(C)C(N)=O. The van der Waals surface area contributed by atoms with Crippen LogP contribution in [-0.2, 0) is 14.3 Å². The molecule has 0 atom stereocenters. The quantitative estimate of drug-likeness (QED) is 0.433. The van der Waals surface area contributed by atoms with Gasteiger partial charge < -0.3 is 20.7 Å². The molecule has 1 heterocycles. The van der Waals surface area contributed by atoms with E-state index in [0.29, 0.717) is 24.3 Å². The highest BCUT2D eigenvalue weighted by Gasteiger charge is 2.15. The highest BCUT2D eigenvalue weighted by molar-refractivity contribution is 7.80. The normalized spacial score (nSPS) is 12.9. The molecule has 0 radical (unpaired) electrons. The van der Waals surface area contributed by atoms with Crippen LogP contribution in [0.2, 0.25) is 0 Å². The largest absolute Gasteiger partial charge is 0.460 e. The molecule has 0 spiro atoms. The zero-order valence-corrected chi connectivity index (χ0v) is 12.7. The molecule has 1 saturated heterocycles. The van der Waals surface area contributed by atoms with Gasteiger partial charge in [0.15, 0.2) is 5.11 Å². The second-order valence-electron chi connectivity index (χ2n) is 4.28. The fourth-order valence-corrected chi connectivity index (χ4v) is 1.38. The van der Waals surface area contributed by atoms with Crippen LogP contribution in [0, 0.1) is 0 Å². The number of primary amides is 1. The van der Waals surface area contributed by atoms with Gasteiger partial charge >= 0.3 is 5.97 Å². The van der Waals surface area contributed by atoms with E-state index in [1.807, 2.05) is 4.90 Å². The zero-order valence-electron chi connectivity index (χ0n) is 11.9. The summed E-state index contributed by atoms with van der Waals surface area (Å²) in [6.45, 7) is 12.7. The number of hydrogen-bond donors (Lipinski definition) is 2. The maximum Gasteiger partial charge on any atom is 0.333 e. The van der Waals surface area contributed by atoms with Gasteiger partial charge in [-0.05, 0) is 26.1 Å². The topological polar surface area (TPSA) is 84.7 Å². The number of rotatable bonds is 5. The summed E-state index contributed by atoms with van der Waals surface area (Å²) in [6, 6.07) is 0. The highest BCUT2D eigenvalue weighted by atomic mass is 32.1. The molecule has 0 aliphatic carbocycles. The van der Waals surface area contributed by atoms with E-state index in [1.54, 1.807) is 13.8 Å². The number of nitrogens with one attached hydrogen (secondary N) is 1. The van der Waals surface area contributed by atoms with E-state index in [1.165, 1.54) is 0 Å². The third kappa shape index (κ3) is 7.52. The van der Waals surface area contributed by atoms with Gasteiger partial charge in [0.1, 0.15) is 6.61 Å². The molecule has 1 aliphatic heterocycles. The van der Waals surface area contributed by atoms with Gasteiger partial charge in [0.2, 0.25) is 5.91 Å². The molecule has 0 bridgehead atoms. The number of hydrogen-bond acceptors (Lipinski definition) is 4. The van der Waals surface area contributed by atoms with Crippen molar-refractivity contribution in [3.63, 3.8) is 0 Å². The summed E-state index contributed by atoms with van der Waals surface area (Å²) in [5.41, 5.74) is 5.52. The van der Waals surface area contributed by atoms with Crippen molar-refractivity contribution in [2.75, 3.05) is 26.2 Å². The molecular weight excluding hydrogens is 278 g/mol. The number of carbonyl (C=O) groups is 2. The minimum Gasteiger partial charge on any atom is -0.460 e. The van der Waals surface area contributed by atoms with Gasteiger partial charge in [-0.15, -0.1) is 0 Å². The van der Waals surface area contributed by atoms with Gasteiger partial charge in [0.25, 0.3) is 0 Å². The number of carbonyl (C=O) groups excluding carboxylic acids is 2. The fourth-order valence-electron chi connectivity index (χ4n) is 1.10. The number of nitrogens with two attached hydrogens (primary N) is 1. The van der Waals surface area contributed by atoms with Crippen LogP contribution >= 0.6 is 12.2 Å². The molecule has 0 saturated carbocycles. The Hall–Kier alpha value is -1.89. The van der Waals surface area contributed by atoms with E-state index in [-0.39, 0.29) is 5.97 Å². The number of ether oxygens (including phenoxy) is 1.